The molecule has 0 saturated carbocycles. The highest BCUT2D eigenvalue weighted by molar-refractivity contribution is 5.85. The van der Waals surface area contributed by atoms with Crippen molar-refractivity contribution in [2.45, 2.75) is 40.0 Å². The minimum Gasteiger partial charge on any atom is -0.478 e. The van der Waals surface area contributed by atoms with E-state index >= 15 is 0 Å². The predicted molar refractivity (Wildman–Crippen MR) is 50.1 cm³/mol. The summed E-state index contributed by atoms with van der Waals surface area (Å²) in [7, 11) is 0. The molecule has 0 saturated heterocycles. The average Bonchev–Trinajstić information content (AvgIpc) is 1.97. The van der Waals surface area contributed by atoms with Gasteiger partial charge in [0.2, 0.25) is 0 Å². The van der Waals surface area contributed by atoms with Gasteiger partial charge in [-0.2, -0.15) is 0 Å². The van der Waals surface area contributed by atoms with E-state index in [-0.39, 0.29) is 0 Å². The van der Waals surface area contributed by atoms with Crippen molar-refractivity contribution in [3.05, 3.63) is 11.6 Å². The van der Waals surface area contributed by atoms with E-state index in [1.54, 1.807) is 13.0 Å². The summed E-state index contributed by atoms with van der Waals surface area (Å²) < 4.78 is 0. The Morgan fingerprint density at radius 2 is 2.08 bits per heavy atom. The van der Waals surface area contributed by atoms with E-state index in [2.05, 4.69) is 13.8 Å². The molecular weight excluding hydrogens is 152 g/mol. The van der Waals surface area contributed by atoms with Gasteiger partial charge >= 0.3 is 5.97 Å². The monoisotopic (exact) mass is 170 g/mol. The summed E-state index contributed by atoms with van der Waals surface area (Å²) >= 11 is 0. The van der Waals surface area contributed by atoms with Crippen LogP contribution < -0.4 is 0 Å². The number of aliphatic carboxylic acids is 1. The molecule has 2 heteroatoms. The van der Waals surface area contributed by atoms with E-state index in [9.17, 15) is 4.79 Å². The summed E-state index contributed by atoms with van der Waals surface area (Å²) in [5, 5.41) is 8.52. The Morgan fingerprint density at radius 3 is 2.50 bits per heavy atom. The molecule has 70 valence electrons. The molecule has 0 aromatic carbocycles. The molecule has 0 fully saturated rings. The minimum atomic E-state index is -0.806. The van der Waals surface area contributed by atoms with E-state index in [0.717, 1.165) is 12.8 Å². The fourth-order valence-corrected chi connectivity index (χ4v) is 0.932. The normalized spacial score (nSPS) is 12.2. The lowest BCUT2D eigenvalue weighted by Gasteiger charge is -2.01. The topological polar surface area (TPSA) is 37.3 Å². The Hall–Kier alpha value is -0.790. The summed E-state index contributed by atoms with van der Waals surface area (Å²) in [6.07, 6.45) is 4.94. The summed E-state index contributed by atoms with van der Waals surface area (Å²) in [6, 6.07) is 0. The van der Waals surface area contributed by atoms with Crippen LogP contribution in [0.5, 0.6) is 0 Å². The molecule has 2 nitrogen and oxygen atoms in total. The van der Waals surface area contributed by atoms with Crippen molar-refractivity contribution in [1.82, 2.24) is 0 Å². The van der Waals surface area contributed by atoms with E-state index < -0.39 is 5.97 Å². The van der Waals surface area contributed by atoms with E-state index in [1.807, 2.05) is 0 Å². The van der Waals surface area contributed by atoms with Gasteiger partial charge < -0.3 is 5.11 Å². The van der Waals surface area contributed by atoms with Crippen LogP contribution in [-0.4, -0.2) is 11.1 Å². The molecule has 0 amide bonds. The van der Waals surface area contributed by atoms with E-state index in [0.29, 0.717) is 11.5 Å². The predicted octanol–water partition coefficient (Wildman–Crippen LogP) is 2.84. The number of hydrogen-bond donors (Lipinski definition) is 1. The highest BCUT2D eigenvalue weighted by atomic mass is 16.4. The fourth-order valence-electron chi connectivity index (χ4n) is 0.932. The molecule has 0 radical (unpaired) electrons. The molecule has 0 bridgehead atoms. The van der Waals surface area contributed by atoms with Crippen molar-refractivity contribution in [1.29, 1.82) is 0 Å². The maximum absolute atomic E-state index is 10.4. The Bertz CT molecular complexity index is 169. The van der Waals surface area contributed by atoms with Crippen molar-refractivity contribution in [3.8, 4) is 0 Å². The van der Waals surface area contributed by atoms with Crippen LogP contribution in [0, 0.1) is 5.92 Å². The second kappa shape index (κ2) is 5.81. The second-order valence-corrected chi connectivity index (χ2v) is 3.52. The van der Waals surface area contributed by atoms with Gasteiger partial charge in [0, 0.05) is 5.57 Å². The standard InChI is InChI=1S/C10H18O2/c1-8(2)6-4-5-7-9(3)10(11)12/h7-8H,4-6H2,1-3H3,(H,11,12). The van der Waals surface area contributed by atoms with Crippen LogP contribution in [0.3, 0.4) is 0 Å². The van der Waals surface area contributed by atoms with Gasteiger partial charge in [-0.25, -0.2) is 4.79 Å². The van der Waals surface area contributed by atoms with Crippen LogP contribution in [-0.2, 0) is 4.79 Å². The first-order valence-corrected chi connectivity index (χ1v) is 4.44. The molecule has 0 atom stereocenters. The largest absolute Gasteiger partial charge is 0.478 e. The molecular formula is C10H18O2. The van der Waals surface area contributed by atoms with Gasteiger partial charge in [0.15, 0.2) is 0 Å². The highest BCUT2D eigenvalue weighted by Crippen LogP contribution is 2.07. The summed E-state index contributed by atoms with van der Waals surface area (Å²) in [4.78, 5) is 10.4. The fraction of sp³-hybridized carbons (Fsp3) is 0.700. The highest BCUT2D eigenvalue weighted by Gasteiger charge is 1.98. The zero-order valence-corrected chi connectivity index (χ0v) is 8.13. The van der Waals surface area contributed by atoms with Crippen LogP contribution in [0.25, 0.3) is 0 Å². The molecule has 0 aliphatic carbocycles. The van der Waals surface area contributed by atoms with Gasteiger partial charge in [0.1, 0.15) is 0 Å². The first-order valence-electron chi connectivity index (χ1n) is 4.44. The number of hydrogen-bond acceptors (Lipinski definition) is 1. The molecule has 0 heterocycles. The Kier molecular flexibility index (Phi) is 5.43. The SMILES string of the molecule is CC(=CCCCC(C)C)C(=O)O. The lowest BCUT2D eigenvalue weighted by atomic mass is 10.1. The third kappa shape index (κ3) is 5.96. The average molecular weight is 170 g/mol. The van der Waals surface area contributed by atoms with Crippen molar-refractivity contribution in [2.75, 3.05) is 0 Å². The number of unbranched alkanes of at least 4 members (excludes halogenated alkanes) is 1. The van der Waals surface area contributed by atoms with Gasteiger partial charge in [-0.05, 0) is 25.7 Å². The van der Waals surface area contributed by atoms with Crippen LogP contribution in [0.1, 0.15) is 40.0 Å². The Labute approximate surface area is 74.3 Å². The quantitative estimate of drug-likeness (QED) is 0.509. The molecule has 0 aliphatic heterocycles. The molecule has 0 aromatic heterocycles. The summed E-state index contributed by atoms with van der Waals surface area (Å²) in [6.45, 7) is 5.99. The third-order valence-corrected chi connectivity index (χ3v) is 1.77. The maximum atomic E-state index is 10.4. The van der Waals surface area contributed by atoms with Crippen molar-refractivity contribution >= 4 is 5.97 Å². The van der Waals surface area contributed by atoms with Gasteiger partial charge in [-0.15, -0.1) is 0 Å². The van der Waals surface area contributed by atoms with Crippen LogP contribution in [0.15, 0.2) is 11.6 Å². The maximum Gasteiger partial charge on any atom is 0.330 e. The first-order chi connectivity index (χ1) is 5.54. The molecule has 0 aromatic rings. The van der Waals surface area contributed by atoms with Gasteiger partial charge in [0.05, 0.1) is 0 Å². The molecule has 1 N–H and O–H groups in total. The number of carbonyl (C=O) groups is 1. The molecule has 0 rings (SSSR count). The van der Waals surface area contributed by atoms with Crippen molar-refractivity contribution in [2.24, 2.45) is 5.92 Å². The smallest absolute Gasteiger partial charge is 0.330 e. The lowest BCUT2D eigenvalue weighted by molar-refractivity contribution is -0.132. The van der Waals surface area contributed by atoms with E-state index in [4.69, 9.17) is 5.11 Å². The molecule has 12 heavy (non-hydrogen) atoms. The number of allylic oxidation sites excluding steroid dienone is 1. The van der Waals surface area contributed by atoms with Crippen molar-refractivity contribution < 1.29 is 9.90 Å². The van der Waals surface area contributed by atoms with Crippen molar-refractivity contribution in [3.63, 3.8) is 0 Å². The zero-order chi connectivity index (χ0) is 9.56. The Balaban J connectivity index is 3.54. The van der Waals surface area contributed by atoms with Crippen LogP contribution in [0.2, 0.25) is 0 Å². The second-order valence-electron chi connectivity index (χ2n) is 3.52. The van der Waals surface area contributed by atoms with Gasteiger partial charge in [-0.3, -0.25) is 0 Å². The summed E-state index contributed by atoms with van der Waals surface area (Å²) in [5.41, 5.74) is 0.457. The summed E-state index contributed by atoms with van der Waals surface area (Å²) in [5.74, 6) is -0.0944. The first kappa shape index (κ1) is 11.2. The Morgan fingerprint density at radius 1 is 1.50 bits per heavy atom. The van der Waals surface area contributed by atoms with Crippen LogP contribution in [0.4, 0.5) is 0 Å². The van der Waals surface area contributed by atoms with Gasteiger partial charge in [-0.1, -0.05) is 26.3 Å². The lowest BCUT2D eigenvalue weighted by Crippen LogP contribution is -1.95. The van der Waals surface area contributed by atoms with Gasteiger partial charge in [0.25, 0.3) is 0 Å². The number of rotatable bonds is 5. The number of carboxylic acids is 1. The molecule has 0 spiro atoms. The molecule has 0 unspecified atom stereocenters. The third-order valence-electron chi connectivity index (χ3n) is 1.77. The van der Waals surface area contributed by atoms with E-state index in [1.165, 1.54) is 6.42 Å². The minimum absolute atomic E-state index is 0.457. The number of carboxylic acid groups (broad SMARTS) is 1. The zero-order valence-electron chi connectivity index (χ0n) is 8.13. The van der Waals surface area contributed by atoms with Crippen LogP contribution >= 0.6 is 0 Å². The molecule has 0 aliphatic rings.